The molecule has 5 nitrogen and oxygen atoms in total. The number of aryl methyl sites for hydroxylation is 1. The van der Waals surface area contributed by atoms with Crippen LogP contribution < -0.4 is 14.8 Å². The van der Waals surface area contributed by atoms with Gasteiger partial charge >= 0.3 is 6.18 Å². The molecule has 2 aliphatic heterocycles. The fourth-order valence-corrected chi connectivity index (χ4v) is 5.98. The lowest BCUT2D eigenvalue weighted by atomic mass is 9.84. The smallest absolute Gasteiger partial charge is 0.388 e. The molecule has 2 atom stereocenters. The Balaban J connectivity index is 1.81. The van der Waals surface area contributed by atoms with E-state index < -0.39 is 17.3 Å². The predicted octanol–water partition coefficient (Wildman–Crippen LogP) is 3.18. The summed E-state index contributed by atoms with van der Waals surface area (Å²) in [6.45, 7) is 7.56. The average Bonchev–Trinajstić information content (AvgIpc) is 2.78. The van der Waals surface area contributed by atoms with E-state index in [0.29, 0.717) is 30.7 Å². The molecule has 2 aliphatic rings. The van der Waals surface area contributed by atoms with Gasteiger partial charge in [0.25, 0.3) is 5.82 Å². The monoisotopic (exact) mass is 479 g/mol. The molecule has 2 aromatic rings. The zero-order valence-electron chi connectivity index (χ0n) is 19.4. The summed E-state index contributed by atoms with van der Waals surface area (Å²) in [5.74, 6) is 0.746. The van der Waals surface area contributed by atoms with Crippen molar-refractivity contribution in [1.29, 1.82) is 0 Å². The molecule has 0 saturated carbocycles. The number of pyridine rings is 2. The molecule has 0 aromatic carbocycles. The highest BCUT2D eigenvalue weighted by atomic mass is 31.1. The largest absolute Gasteiger partial charge is 0.420 e. The summed E-state index contributed by atoms with van der Waals surface area (Å²) in [5.41, 5.74) is 0.271. The number of nitrogens with one attached hydrogen (secondary N) is 1. The number of fused-ring (bicyclic) bond motifs is 1. The Morgan fingerprint density at radius 1 is 1.27 bits per heavy atom. The highest BCUT2D eigenvalue weighted by Crippen LogP contribution is 2.36. The minimum atomic E-state index is -4.47. The van der Waals surface area contributed by atoms with Crippen molar-refractivity contribution < 1.29 is 22.8 Å². The molecule has 9 heteroatoms. The second-order valence-corrected chi connectivity index (χ2v) is 10.5. The van der Waals surface area contributed by atoms with Gasteiger partial charge < -0.3 is 10.4 Å². The fourth-order valence-electron chi connectivity index (χ4n) is 4.64. The third kappa shape index (κ3) is 4.53. The molecule has 0 aliphatic carbocycles. The zero-order valence-corrected chi connectivity index (χ0v) is 20.3. The third-order valence-electron chi connectivity index (χ3n) is 7.00. The van der Waals surface area contributed by atoms with Crippen LogP contribution in [-0.4, -0.2) is 52.8 Å². The average molecular weight is 480 g/mol. The number of aliphatic hydroxyl groups is 1. The molecule has 2 unspecified atom stereocenters. The molecular formula is C24H31F3N4OP+. The van der Waals surface area contributed by atoms with Crippen molar-refractivity contribution >= 4 is 19.3 Å². The van der Waals surface area contributed by atoms with Crippen LogP contribution in [0.25, 0.3) is 0 Å². The summed E-state index contributed by atoms with van der Waals surface area (Å²) in [6, 6.07) is 6.23. The highest BCUT2D eigenvalue weighted by molar-refractivity contribution is 7.42. The summed E-state index contributed by atoms with van der Waals surface area (Å²) in [6.07, 6.45) is -1.27. The van der Waals surface area contributed by atoms with Crippen LogP contribution in [0.5, 0.6) is 0 Å². The van der Waals surface area contributed by atoms with Crippen molar-refractivity contribution in [3.63, 3.8) is 0 Å². The van der Waals surface area contributed by atoms with E-state index in [1.165, 1.54) is 6.07 Å². The van der Waals surface area contributed by atoms with Gasteiger partial charge in [-0.1, -0.05) is 28.1 Å². The minimum Gasteiger partial charge on any atom is -0.388 e. The predicted molar refractivity (Wildman–Crippen MR) is 125 cm³/mol. The maximum atomic E-state index is 14.1. The molecule has 1 saturated heterocycles. The summed E-state index contributed by atoms with van der Waals surface area (Å²) < 4.78 is 44.1. The Labute approximate surface area is 194 Å². The molecule has 178 valence electrons. The molecular weight excluding hydrogens is 448 g/mol. The fraction of sp³-hybridized carbons (Fsp3) is 0.542. The molecule has 33 heavy (non-hydrogen) atoms. The van der Waals surface area contributed by atoms with E-state index in [1.54, 1.807) is 29.9 Å². The molecule has 4 rings (SSSR count). The van der Waals surface area contributed by atoms with E-state index in [9.17, 15) is 18.3 Å². The Bertz CT molecular complexity index is 1070. The van der Waals surface area contributed by atoms with Gasteiger partial charge in [0, 0.05) is 30.1 Å². The SMILES string of the molecule is CC(C)C(C)(O)C1CN(c2ccc(C(F)(F)F)c(C3=PCCc4ncccc43)[n+]2C)CCN1. The molecule has 0 radical (unpaired) electrons. The second-order valence-electron chi connectivity index (χ2n) is 9.32. The Morgan fingerprint density at radius 3 is 2.73 bits per heavy atom. The van der Waals surface area contributed by atoms with Crippen LogP contribution >= 0.6 is 8.20 Å². The molecule has 2 N–H and O–H groups in total. The Hall–Kier alpha value is -2.02. The van der Waals surface area contributed by atoms with Gasteiger partial charge in [0.2, 0.25) is 0 Å². The lowest BCUT2D eigenvalue weighted by Gasteiger charge is -2.41. The summed E-state index contributed by atoms with van der Waals surface area (Å²) >= 11 is 0. The summed E-state index contributed by atoms with van der Waals surface area (Å²) in [4.78, 5) is 6.50. The first-order valence-corrected chi connectivity index (χ1v) is 12.4. The molecule has 0 bridgehead atoms. The number of nitrogens with zero attached hydrogens (tertiary/aromatic N) is 3. The minimum absolute atomic E-state index is 0.0347. The van der Waals surface area contributed by atoms with Crippen LogP contribution in [0.2, 0.25) is 0 Å². The van der Waals surface area contributed by atoms with Crippen molar-refractivity contribution in [3.05, 3.63) is 53.0 Å². The number of halogens is 3. The van der Waals surface area contributed by atoms with E-state index in [4.69, 9.17) is 0 Å². The molecule has 0 spiro atoms. The lowest BCUT2D eigenvalue weighted by molar-refractivity contribution is -0.661. The van der Waals surface area contributed by atoms with Crippen molar-refractivity contribution in [2.75, 3.05) is 30.7 Å². The number of piperazine rings is 1. The van der Waals surface area contributed by atoms with Gasteiger partial charge in [-0.05, 0) is 37.6 Å². The topological polar surface area (TPSA) is 52.3 Å². The van der Waals surface area contributed by atoms with Crippen LogP contribution in [0.4, 0.5) is 19.0 Å². The van der Waals surface area contributed by atoms with E-state index in [-0.39, 0.29) is 17.7 Å². The summed E-state index contributed by atoms with van der Waals surface area (Å²) in [5, 5.41) is 15.1. The Kier molecular flexibility index (Phi) is 6.56. The molecule has 2 aromatic heterocycles. The van der Waals surface area contributed by atoms with Gasteiger partial charge in [0.15, 0.2) is 5.69 Å². The van der Waals surface area contributed by atoms with Gasteiger partial charge in [-0.15, -0.1) is 0 Å². The van der Waals surface area contributed by atoms with Gasteiger partial charge in [0.1, 0.15) is 12.1 Å². The van der Waals surface area contributed by atoms with Gasteiger partial charge in [-0.3, -0.25) is 9.88 Å². The van der Waals surface area contributed by atoms with Crippen molar-refractivity contribution in [2.24, 2.45) is 13.0 Å². The number of hydrogen-bond acceptors (Lipinski definition) is 4. The molecule has 0 amide bonds. The normalized spacial score (nSPS) is 21.4. The quantitative estimate of drug-likeness (QED) is 0.523. The number of rotatable bonds is 4. The summed E-state index contributed by atoms with van der Waals surface area (Å²) in [7, 11) is 2.58. The van der Waals surface area contributed by atoms with Crippen LogP contribution in [0.15, 0.2) is 30.5 Å². The van der Waals surface area contributed by atoms with Crippen molar-refractivity contribution in [3.8, 4) is 0 Å². The van der Waals surface area contributed by atoms with Gasteiger partial charge in [-0.25, -0.2) is 4.57 Å². The molecule has 1 fully saturated rings. The van der Waals surface area contributed by atoms with E-state index in [2.05, 4.69) is 15.2 Å². The van der Waals surface area contributed by atoms with E-state index in [1.807, 2.05) is 26.8 Å². The number of anilines is 1. The van der Waals surface area contributed by atoms with E-state index >= 15 is 0 Å². The third-order valence-corrected chi connectivity index (χ3v) is 8.22. The first kappa shape index (κ1) is 24.1. The Morgan fingerprint density at radius 2 is 2.03 bits per heavy atom. The van der Waals surface area contributed by atoms with Crippen molar-refractivity contribution in [2.45, 2.75) is 45.0 Å². The van der Waals surface area contributed by atoms with Crippen LogP contribution in [0.1, 0.15) is 43.3 Å². The van der Waals surface area contributed by atoms with Crippen molar-refractivity contribution in [1.82, 2.24) is 10.3 Å². The maximum absolute atomic E-state index is 14.1. The number of hydrogen-bond donors (Lipinski definition) is 2. The van der Waals surface area contributed by atoms with Gasteiger partial charge in [0.05, 0.1) is 30.5 Å². The van der Waals surface area contributed by atoms with Crippen LogP contribution in [0.3, 0.4) is 0 Å². The first-order chi connectivity index (χ1) is 15.5. The van der Waals surface area contributed by atoms with Gasteiger partial charge in [-0.2, -0.15) is 13.2 Å². The van der Waals surface area contributed by atoms with E-state index in [0.717, 1.165) is 32.0 Å². The number of alkyl halides is 3. The highest BCUT2D eigenvalue weighted by Gasteiger charge is 2.43. The zero-order chi connectivity index (χ0) is 24.0. The molecule has 4 heterocycles. The standard InChI is InChI=1S/C24H31F3N4OP/c1-15(2)23(3,32)19-14-31(12-11-29-19)20-8-7-17(24(25,26)27)21(30(20)4)22-16-6-5-10-28-18(16)9-13-33-22/h5-8,10,15,19,29,32H,9,11-14H2,1-4H3/q+1. The van der Waals surface area contributed by atoms with Crippen LogP contribution in [-0.2, 0) is 19.6 Å². The lowest BCUT2D eigenvalue weighted by Crippen LogP contribution is -2.63. The first-order valence-electron chi connectivity index (χ1n) is 11.3. The van der Waals surface area contributed by atoms with Crippen LogP contribution in [0, 0.1) is 5.92 Å². The maximum Gasteiger partial charge on any atom is 0.420 e. The second kappa shape index (κ2) is 8.97. The number of aromatic nitrogens is 2.